The van der Waals surface area contributed by atoms with E-state index in [9.17, 15) is 22.8 Å². The molecule has 1 saturated heterocycles. The van der Waals surface area contributed by atoms with Crippen molar-refractivity contribution in [2.75, 3.05) is 13.1 Å². The first-order valence-electron chi connectivity index (χ1n) is 6.62. The summed E-state index contributed by atoms with van der Waals surface area (Å²) in [6.07, 6.45) is -5.08. The molecule has 0 radical (unpaired) electrons. The minimum Gasteiger partial charge on any atom is -0.444 e. The summed E-state index contributed by atoms with van der Waals surface area (Å²) in [4.78, 5) is 24.0. The Morgan fingerprint density at radius 3 is 2.24 bits per heavy atom. The Morgan fingerprint density at radius 1 is 1.24 bits per heavy atom. The third kappa shape index (κ3) is 5.76. The molecule has 4 nitrogen and oxygen atoms in total. The Morgan fingerprint density at radius 2 is 1.81 bits per heavy atom. The summed E-state index contributed by atoms with van der Waals surface area (Å²) in [5.41, 5.74) is -0.754. The van der Waals surface area contributed by atoms with Crippen molar-refractivity contribution in [3.63, 3.8) is 0 Å². The highest BCUT2D eigenvalue weighted by Gasteiger charge is 2.49. The third-order valence-electron chi connectivity index (χ3n) is 2.94. The van der Waals surface area contributed by atoms with Crippen LogP contribution in [0.15, 0.2) is 0 Å². The van der Waals surface area contributed by atoms with E-state index in [1.54, 1.807) is 20.8 Å². The van der Waals surface area contributed by atoms with Crippen molar-refractivity contribution >= 4 is 23.0 Å². The average Bonchev–Trinajstić information content (AvgIpc) is 2.24. The van der Waals surface area contributed by atoms with E-state index in [1.165, 1.54) is 6.92 Å². The summed E-state index contributed by atoms with van der Waals surface area (Å²) < 4.78 is 44.4. The van der Waals surface area contributed by atoms with Crippen LogP contribution in [-0.2, 0) is 9.53 Å². The van der Waals surface area contributed by atoms with Crippen molar-refractivity contribution in [1.82, 2.24) is 4.90 Å². The van der Waals surface area contributed by atoms with Gasteiger partial charge in [0, 0.05) is 25.3 Å². The van der Waals surface area contributed by atoms with Crippen LogP contribution in [0.2, 0.25) is 0 Å². The molecule has 1 amide bonds. The van der Waals surface area contributed by atoms with Gasteiger partial charge in [-0.1, -0.05) is 11.8 Å². The summed E-state index contributed by atoms with van der Waals surface area (Å²) in [5, 5.41) is -1.19. The normalized spacial score (nSPS) is 23.9. The molecule has 0 aromatic heterocycles. The van der Waals surface area contributed by atoms with Gasteiger partial charge in [0.25, 0.3) is 0 Å². The highest BCUT2D eigenvalue weighted by molar-refractivity contribution is 8.14. The van der Waals surface area contributed by atoms with Gasteiger partial charge in [-0.05, 0) is 27.2 Å². The number of rotatable bonds is 1. The standard InChI is InChI=1S/C13H20F3NO3S/c1-8(18)21-10-5-6-17(7-9(10)13(14,15)16)11(19)20-12(2,3)4/h9-10H,5-7H2,1-4H3/t9-,10-/m0/s1. The molecule has 0 aromatic carbocycles. The number of likely N-dealkylation sites (tertiary alicyclic amines) is 1. The molecule has 1 fully saturated rings. The molecule has 0 spiro atoms. The van der Waals surface area contributed by atoms with Gasteiger partial charge < -0.3 is 9.64 Å². The Hall–Kier alpha value is -0.920. The van der Waals surface area contributed by atoms with Crippen LogP contribution in [-0.4, -0.2) is 46.2 Å². The number of alkyl halides is 3. The second-order valence-electron chi connectivity index (χ2n) is 6.01. The number of piperidine rings is 1. The van der Waals surface area contributed by atoms with Gasteiger partial charge in [0.05, 0.1) is 5.92 Å². The van der Waals surface area contributed by atoms with Gasteiger partial charge in [0.15, 0.2) is 5.12 Å². The van der Waals surface area contributed by atoms with Gasteiger partial charge in [-0.25, -0.2) is 4.79 Å². The van der Waals surface area contributed by atoms with E-state index in [2.05, 4.69) is 0 Å². The molecule has 2 atom stereocenters. The Kier molecular flexibility index (Phi) is 5.57. The lowest BCUT2D eigenvalue weighted by Crippen LogP contribution is -2.51. The SMILES string of the molecule is CC(=O)S[C@H]1CCN(C(=O)OC(C)(C)C)C[C@@H]1C(F)(F)F. The summed E-state index contributed by atoms with van der Waals surface area (Å²) in [6, 6.07) is 0. The summed E-state index contributed by atoms with van der Waals surface area (Å²) in [7, 11) is 0. The van der Waals surface area contributed by atoms with E-state index in [4.69, 9.17) is 4.74 Å². The van der Waals surface area contributed by atoms with Crippen LogP contribution in [0.5, 0.6) is 0 Å². The van der Waals surface area contributed by atoms with Gasteiger partial charge in [-0.2, -0.15) is 13.2 Å². The number of nitrogens with zero attached hydrogens (tertiary/aromatic N) is 1. The molecule has 0 bridgehead atoms. The predicted octanol–water partition coefficient (Wildman–Crippen LogP) is 3.45. The van der Waals surface area contributed by atoms with Crippen molar-refractivity contribution in [2.24, 2.45) is 5.92 Å². The lowest BCUT2D eigenvalue weighted by atomic mass is 9.97. The lowest BCUT2D eigenvalue weighted by molar-refractivity contribution is -0.183. The van der Waals surface area contributed by atoms with Crippen molar-refractivity contribution in [2.45, 2.75) is 51.1 Å². The second-order valence-corrected chi connectivity index (χ2v) is 7.43. The van der Waals surface area contributed by atoms with E-state index < -0.39 is 35.6 Å². The van der Waals surface area contributed by atoms with Crippen LogP contribution in [0.4, 0.5) is 18.0 Å². The van der Waals surface area contributed by atoms with E-state index in [0.717, 1.165) is 4.90 Å². The molecular formula is C13H20F3NO3S. The van der Waals surface area contributed by atoms with Crippen LogP contribution in [0.25, 0.3) is 0 Å². The van der Waals surface area contributed by atoms with Crippen molar-refractivity contribution in [1.29, 1.82) is 0 Å². The number of carbonyl (C=O) groups excluding carboxylic acids is 2. The highest BCUT2D eigenvalue weighted by Crippen LogP contribution is 2.39. The van der Waals surface area contributed by atoms with Crippen LogP contribution < -0.4 is 0 Å². The lowest BCUT2D eigenvalue weighted by Gasteiger charge is -2.39. The van der Waals surface area contributed by atoms with Crippen LogP contribution in [0, 0.1) is 5.92 Å². The van der Waals surface area contributed by atoms with Crippen molar-refractivity contribution in [3.05, 3.63) is 0 Å². The quantitative estimate of drug-likeness (QED) is 0.740. The van der Waals surface area contributed by atoms with E-state index in [1.807, 2.05) is 0 Å². The van der Waals surface area contributed by atoms with Gasteiger partial charge in [-0.3, -0.25) is 4.79 Å². The smallest absolute Gasteiger partial charge is 0.410 e. The van der Waals surface area contributed by atoms with Crippen LogP contribution >= 0.6 is 11.8 Å². The van der Waals surface area contributed by atoms with Crippen LogP contribution in [0.3, 0.4) is 0 Å². The molecule has 1 rings (SSSR count). The fourth-order valence-corrected chi connectivity index (χ4v) is 3.15. The van der Waals surface area contributed by atoms with Gasteiger partial charge in [-0.15, -0.1) is 0 Å². The number of ether oxygens (including phenoxy) is 1. The number of hydrogen-bond acceptors (Lipinski definition) is 4. The first kappa shape index (κ1) is 18.1. The van der Waals surface area contributed by atoms with Crippen LogP contribution in [0.1, 0.15) is 34.1 Å². The molecule has 1 aliphatic heterocycles. The molecule has 8 heteroatoms. The minimum absolute atomic E-state index is 0.119. The zero-order valence-electron chi connectivity index (χ0n) is 12.5. The maximum atomic E-state index is 13.1. The number of carbonyl (C=O) groups is 2. The number of amides is 1. The minimum atomic E-state index is -4.45. The molecule has 0 N–H and O–H groups in total. The average molecular weight is 327 g/mol. The van der Waals surface area contributed by atoms with E-state index in [0.29, 0.717) is 11.8 Å². The van der Waals surface area contributed by atoms with Gasteiger partial charge in [0.1, 0.15) is 5.60 Å². The summed E-state index contributed by atoms with van der Waals surface area (Å²) in [5.74, 6) is -1.72. The largest absolute Gasteiger partial charge is 0.444 e. The Balaban J connectivity index is 2.79. The third-order valence-corrected chi connectivity index (χ3v) is 4.14. The number of thioether (sulfide) groups is 1. The van der Waals surface area contributed by atoms with Gasteiger partial charge >= 0.3 is 12.3 Å². The fourth-order valence-electron chi connectivity index (χ4n) is 2.09. The Labute approximate surface area is 126 Å². The molecule has 122 valence electrons. The van der Waals surface area contributed by atoms with Crippen molar-refractivity contribution < 1.29 is 27.5 Å². The van der Waals surface area contributed by atoms with E-state index >= 15 is 0 Å². The molecular weight excluding hydrogens is 307 g/mol. The molecule has 0 aliphatic carbocycles. The first-order chi connectivity index (χ1) is 9.40. The molecule has 0 aromatic rings. The maximum Gasteiger partial charge on any atom is 0.410 e. The second kappa shape index (κ2) is 6.46. The molecule has 0 saturated carbocycles. The Bertz CT molecular complexity index is 406. The topological polar surface area (TPSA) is 46.6 Å². The van der Waals surface area contributed by atoms with Gasteiger partial charge in [0.2, 0.25) is 0 Å². The zero-order valence-corrected chi connectivity index (χ0v) is 13.3. The monoisotopic (exact) mass is 327 g/mol. The fraction of sp³-hybridized carbons (Fsp3) is 0.846. The maximum absolute atomic E-state index is 13.1. The molecule has 21 heavy (non-hydrogen) atoms. The zero-order chi connectivity index (χ0) is 16.4. The molecule has 1 heterocycles. The summed E-state index contributed by atoms with van der Waals surface area (Å²) >= 11 is 0.700. The van der Waals surface area contributed by atoms with Crippen molar-refractivity contribution in [3.8, 4) is 0 Å². The number of hydrogen-bond donors (Lipinski definition) is 0. The number of halogens is 3. The molecule has 1 aliphatic rings. The molecule has 0 unspecified atom stereocenters. The van der Waals surface area contributed by atoms with E-state index in [-0.39, 0.29) is 18.1 Å². The predicted molar refractivity (Wildman–Crippen MR) is 74.0 cm³/mol. The summed E-state index contributed by atoms with van der Waals surface area (Å²) in [6.45, 7) is 5.91. The first-order valence-corrected chi connectivity index (χ1v) is 7.50. The highest BCUT2D eigenvalue weighted by atomic mass is 32.2.